The molecule has 0 radical (unpaired) electrons. The number of hydrogen-bond donors (Lipinski definition) is 0. The van der Waals surface area contributed by atoms with Gasteiger partial charge in [0.05, 0.1) is 0 Å². The van der Waals surface area contributed by atoms with Gasteiger partial charge in [-0.1, -0.05) is 43.9 Å². The summed E-state index contributed by atoms with van der Waals surface area (Å²) < 4.78 is 0. The number of aryl methyl sites for hydroxylation is 1. The summed E-state index contributed by atoms with van der Waals surface area (Å²) in [7, 11) is 0.0576. The Hall–Kier alpha value is -1.56. The standard InChI is InChI=1S/C11H12P.C10H9.C5H8.Hf/c1-12(2)11-7-9-5-3-4-6-10(9)8-11;1-8-6-9-4-2-3-5-10(9)7-8;1-3-5-4-2;/h3-8H,1-2H3;2-7H,1H3;3-5H,1H2,2H3;/q2*-1;;. The van der Waals surface area contributed by atoms with Gasteiger partial charge in [0.1, 0.15) is 0 Å². The van der Waals surface area contributed by atoms with Crippen molar-refractivity contribution in [3.8, 4) is 0 Å². The van der Waals surface area contributed by atoms with E-state index in [9.17, 15) is 0 Å². The Kier molecular flexibility index (Phi) is 11.2. The molecule has 0 saturated heterocycles. The largest absolute Gasteiger partial charge is 0.165 e. The summed E-state index contributed by atoms with van der Waals surface area (Å²) in [6.07, 6.45) is 5.58. The first kappa shape index (κ1) is 24.5. The Morgan fingerprint density at radius 1 is 0.857 bits per heavy atom. The van der Waals surface area contributed by atoms with Crippen molar-refractivity contribution in [2.24, 2.45) is 0 Å². The monoisotopic (exact) mass is 552 g/mol. The van der Waals surface area contributed by atoms with Crippen LogP contribution in [0.1, 0.15) is 12.5 Å². The Labute approximate surface area is 190 Å². The molecule has 0 aromatic heterocycles. The van der Waals surface area contributed by atoms with E-state index >= 15 is 0 Å². The van der Waals surface area contributed by atoms with Crippen LogP contribution in [0, 0.1) is 6.92 Å². The zero-order valence-electron chi connectivity index (χ0n) is 17.3. The minimum absolute atomic E-state index is 0. The number of hydrogen-bond acceptors (Lipinski definition) is 0. The summed E-state index contributed by atoms with van der Waals surface area (Å²) in [5.41, 5.74) is 1.35. The van der Waals surface area contributed by atoms with Gasteiger partial charge in [0.2, 0.25) is 0 Å². The molecular weight excluding hydrogens is 522 g/mol. The molecule has 28 heavy (non-hydrogen) atoms. The second-order valence-electron chi connectivity index (χ2n) is 6.66. The topological polar surface area (TPSA) is 0 Å². The molecule has 0 N–H and O–H groups in total. The molecule has 0 saturated carbocycles. The van der Waals surface area contributed by atoms with E-state index in [0.717, 1.165) is 0 Å². The summed E-state index contributed by atoms with van der Waals surface area (Å²) in [6.45, 7) is 12.1. The fraction of sp³-hybridized carbons (Fsp3) is 0.154. The van der Waals surface area contributed by atoms with Gasteiger partial charge in [-0.05, 0) is 20.3 Å². The van der Waals surface area contributed by atoms with Crippen molar-refractivity contribution in [1.29, 1.82) is 0 Å². The van der Waals surface area contributed by atoms with E-state index in [0.29, 0.717) is 0 Å². The normalized spacial score (nSPS) is 10.2. The van der Waals surface area contributed by atoms with Crippen LogP contribution >= 0.6 is 7.92 Å². The fourth-order valence-electron chi connectivity index (χ4n) is 2.83. The van der Waals surface area contributed by atoms with Crippen molar-refractivity contribution < 1.29 is 25.8 Å². The second-order valence-corrected chi connectivity index (χ2v) is 8.97. The van der Waals surface area contributed by atoms with E-state index in [4.69, 9.17) is 0 Å². The van der Waals surface area contributed by atoms with Gasteiger partial charge in [0, 0.05) is 25.8 Å². The van der Waals surface area contributed by atoms with Crippen LogP contribution in [0.2, 0.25) is 0 Å². The van der Waals surface area contributed by atoms with Gasteiger partial charge in [0.25, 0.3) is 0 Å². The van der Waals surface area contributed by atoms with Gasteiger partial charge >= 0.3 is 0 Å². The number of fused-ring (bicyclic) bond motifs is 2. The number of benzene rings is 2. The second kappa shape index (κ2) is 12.8. The molecule has 0 unspecified atom stereocenters. The fourth-order valence-corrected chi connectivity index (χ4v) is 3.63. The van der Waals surface area contributed by atoms with Crippen LogP contribution in [-0.4, -0.2) is 13.3 Å². The van der Waals surface area contributed by atoms with Gasteiger partial charge in [-0.25, -0.2) is 0 Å². The van der Waals surface area contributed by atoms with Crippen LogP contribution in [0.5, 0.6) is 0 Å². The summed E-state index contributed by atoms with van der Waals surface area (Å²) in [4.78, 5) is 0. The maximum atomic E-state index is 3.46. The third-order valence-corrected chi connectivity index (χ3v) is 5.50. The number of rotatable bonds is 2. The van der Waals surface area contributed by atoms with E-state index in [-0.39, 0.29) is 33.8 Å². The van der Waals surface area contributed by atoms with E-state index in [2.05, 4.69) is 99.6 Å². The SMILES string of the molecule is C=CC=CC.CP(C)c1cc2ccccc2[cH-]1.Cc1cc2ccccc2[cH-]1.[Hf]. The molecule has 0 amide bonds. The molecule has 0 atom stereocenters. The van der Waals surface area contributed by atoms with Crippen molar-refractivity contribution in [3.05, 3.63) is 103 Å². The summed E-state index contributed by atoms with van der Waals surface area (Å²) >= 11 is 0. The van der Waals surface area contributed by atoms with Crippen molar-refractivity contribution in [1.82, 2.24) is 0 Å². The zero-order chi connectivity index (χ0) is 19.6. The Bertz CT molecular complexity index is 935. The summed E-state index contributed by atoms with van der Waals surface area (Å²) in [5, 5.41) is 6.96. The van der Waals surface area contributed by atoms with Gasteiger partial charge in [-0.2, -0.15) is 12.1 Å². The smallest absolute Gasteiger partial charge is 0 e. The molecule has 0 heterocycles. The third kappa shape index (κ3) is 7.46. The van der Waals surface area contributed by atoms with Crippen LogP contribution in [0.4, 0.5) is 0 Å². The van der Waals surface area contributed by atoms with Crippen LogP contribution in [0.15, 0.2) is 97.6 Å². The van der Waals surface area contributed by atoms with E-state index in [1.165, 1.54) is 32.4 Å². The van der Waals surface area contributed by atoms with Gasteiger partial charge in [-0.15, -0.1) is 88.9 Å². The molecule has 4 aromatic rings. The molecule has 0 aliphatic carbocycles. The maximum absolute atomic E-state index is 3.46. The Balaban J connectivity index is 0.000000224. The molecule has 0 fully saturated rings. The molecule has 2 heteroatoms. The van der Waals surface area contributed by atoms with Crippen molar-refractivity contribution >= 4 is 34.8 Å². The summed E-state index contributed by atoms with van der Waals surface area (Å²) in [5.74, 6) is 0. The van der Waals surface area contributed by atoms with Gasteiger partial charge < -0.3 is 0 Å². The predicted octanol–water partition coefficient (Wildman–Crippen LogP) is 7.54. The van der Waals surface area contributed by atoms with Crippen LogP contribution in [-0.2, 0) is 25.8 Å². The van der Waals surface area contributed by atoms with E-state index in [1.54, 1.807) is 6.08 Å². The first-order valence-corrected chi connectivity index (χ1v) is 11.5. The van der Waals surface area contributed by atoms with Crippen LogP contribution in [0.3, 0.4) is 0 Å². The van der Waals surface area contributed by atoms with Crippen molar-refractivity contribution in [2.45, 2.75) is 13.8 Å². The molecule has 0 nitrogen and oxygen atoms in total. The van der Waals surface area contributed by atoms with Gasteiger partial charge in [0.15, 0.2) is 0 Å². The first-order valence-electron chi connectivity index (χ1n) is 9.23. The Morgan fingerprint density at radius 2 is 1.39 bits per heavy atom. The van der Waals surface area contributed by atoms with E-state index < -0.39 is 0 Å². The molecule has 0 aliphatic heterocycles. The molecular formula is C26H29HfP-2. The molecule has 0 bridgehead atoms. The van der Waals surface area contributed by atoms with Crippen LogP contribution in [0.25, 0.3) is 21.5 Å². The average molecular weight is 551 g/mol. The maximum Gasteiger partial charge on any atom is 0 e. The quantitative estimate of drug-likeness (QED) is 0.105. The predicted molar refractivity (Wildman–Crippen MR) is 127 cm³/mol. The molecule has 4 aromatic carbocycles. The first-order chi connectivity index (χ1) is 13.0. The van der Waals surface area contributed by atoms with Crippen LogP contribution < -0.4 is 5.30 Å². The van der Waals surface area contributed by atoms with Crippen molar-refractivity contribution in [2.75, 3.05) is 13.3 Å². The zero-order valence-corrected chi connectivity index (χ0v) is 21.8. The molecule has 0 spiro atoms. The minimum atomic E-state index is 0. The molecule has 144 valence electrons. The summed E-state index contributed by atoms with van der Waals surface area (Å²) in [6, 6.07) is 26.0. The Morgan fingerprint density at radius 3 is 1.82 bits per heavy atom. The molecule has 4 rings (SSSR count). The molecule has 0 aliphatic rings. The van der Waals surface area contributed by atoms with Gasteiger partial charge in [-0.3, -0.25) is 0 Å². The van der Waals surface area contributed by atoms with E-state index in [1.807, 2.05) is 19.1 Å². The average Bonchev–Trinajstić information content (AvgIpc) is 3.25. The third-order valence-electron chi connectivity index (χ3n) is 4.21. The van der Waals surface area contributed by atoms with Crippen molar-refractivity contribution in [3.63, 3.8) is 0 Å². The number of allylic oxidation sites excluding steroid dienone is 3. The minimum Gasteiger partial charge on any atom is -0.165 e.